The third kappa shape index (κ3) is 5.15. The van der Waals surface area contributed by atoms with Crippen LogP contribution in [0.1, 0.15) is 22.3 Å². The van der Waals surface area contributed by atoms with Gasteiger partial charge < -0.3 is 5.32 Å². The molecule has 0 aliphatic carbocycles. The molecular formula is C18H20N2O5S2. The quantitative estimate of drug-likeness (QED) is 0.743. The molecule has 3 rings (SSSR count). The van der Waals surface area contributed by atoms with E-state index in [4.69, 9.17) is 0 Å². The van der Waals surface area contributed by atoms with Crippen molar-refractivity contribution in [3.05, 3.63) is 65.7 Å². The zero-order valence-electron chi connectivity index (χ0n) is 14.5. The van der Waals surface area contributed by atoms with E-state index >= 15 is 0 Å². The summed E-state index contributed by atoms with van der Waals surface area (Å²) < 4.78 is 49.8. The highest BCUT2D eigenvalue weighted by atomic mass is 32.2. The first-order valence-electron chi connectivity index (χ1n) is 8.40. The third-order valence-electron chi connectivity index (χ3n) is 4.30. The van der Waals surface area contributed by atoms with Crippen molar-refractivity contribution in [1.29, 1.82) is 0 Å². The molecule has 0 bridgehead atoms. The van der Waals surface area contributed by atoms with Crippen LogP contribution in [0.25, 0.3) is 0 Å². The van der Waals surface area contributed by atoms with Crippen LogP contribution in [-0.4, -0.2) is 40.3 Å². The lowest BCUT2D eigenvalue weighted by molar-refractivity contribution is 0.0941. The standard InChI is InChI=1S/C18H20N2O5S2/c21-18(20-16-10-11-26(22,23)13-16)15-8-6-14(7-9-15)12-19-27(24,25)17-4-2-1-3-5-17/h1-9,16,19H,10-13H2,(H,20,21)/t16-/m0/s1. The molecule has 1 fully saturated rings. The van der Waals surface area contributed by atoms with Gasteiger partial charge in [0.05, 0.1) is 16.4 Å². The van der Waals surface area contributed by atoms with E-state index in [1.807, 2.05) is 0 Å². The molecular weight excluding hydrogens is 388 g/mol. The zero-order chi connectivity index (χ0) is 19.5. The second-order valence-electron chi connectivity index (χ2n) is 6.41. The van der Waals surface area contributed by atoms with Gasteiger partial charge in [0.1, 0.15) is 0 Å². The largest absolute Gasteiger partial charge is 0.348 e. The Morgan fingerprint density at radius 2 is 1.70 bits per heavy atom. The Morgan fingerprint density at radius 1 is 1.04 bits per heavy atom. The Bertz CT molecular complexity index is 1020. The van der Waals surface area contributed by atoms with E-state index in [0.717, 1.165) is 0 Å². The van der Waals surface area contributed by atoms with Crippen LogP contribution in [0.5, 0.6) is 0 Å². The lowest BCUT2D eigenvalue weighted by Crippen LogP contribution is -2.35. The molecule has 0 aromatic heterocycles. The molecule has 0 saturated carbocycles. The van der Waals surface area contributed by atoms with Crippen LogP contribution in [-0.2, 0) is 26.4 Å². The molecule has 1 aliphatic rings. The molecule has 27 heavy (non-hydrogen) atoms. The fourth-order valence-corrected chi connectivity index (χ4v) is 5.53. The van der Waals surface area contributed by atoms with Crippen LogP contribution in [0.15, 0.2) is 59.5 Å². The molecule has 0 unspecified atom stereocenters. The maximum Gasteiger partial charge on any atom is 0.251 e. The van der Waals surface area contributed by atoms with Gasteiger partial charge in [-0.1, -0.05) is 30.3 Å². The first kappa shape index (κ1) is 19.5. The predicted octanol–water partition coefficient (Wildman–Crippen LogP) is 1.08. The van der Waals surface area contributed by atoms with Gasteiger partial charge in [-0.15, -0.1) is 0 Å². The van der Waals surface area contributed by atoms with Gasteiger partial charge in [-0.3, -0.25) is 4.79 Å². The number of hydrogen-bond donors (Lipinski definition) is 2. The van der Waals surface area contributed by atoms with Gasteiger partial charge >= 0.3 is 0 Å². The summed E-state index contributed by atoms with van der Waals surface area (Å²) in [6.45, 7) is 0.0972. The summed E-state index contributed by atoms with van der Waals surface area (Å²) >= 11 is 0. The summed E-state index contributed by atoms with van der Waals surface area (Å²) in [5, 5.41) is 2.72. The van der Waals surface area contributed by atoms with Crippen molar-refractivity contribution >= 4 is 25.8 Å². The number of benzene rings is 2. The SMILES string of the molecule is O=C(N[C@H]1CCS(=O)(=O)C1)c1ccc(CNS(=O)(=O)c2ccccc2)cc1. The topological polar surface area (TPSA) is 109 Å². The van der Waals surface area contributed by atoms with E-state index in [9.17, 15) is 21.6 Å². The molecule has 1 amide bonds. The van der Waals surface area contributed by atoms with E-state index in [0.29, 0.717) is 17.5 Å². The Hall–Kier alpha value is -2.23. The number of carbonyl (C=O) groups excluding carboxylic acids is 1. The molecule has 1 heterocycles. The lowest BCUT2D eigenvalue weighted by atomic mass is 10.1. The van der Waals surface area contributed by atoms with Crippen LogP contribution < -0.4 is 10.0 Å². The van der Waals surface area contributed by atoms with Gasteiger partial charge in [-0.05, 0) is 36.2 Å². The molecule has 2 aromatic carbocycles. The van der Waals surface area contributed by atoms with Gasteiger partial charge in [-0.2, -0.15) is 0 Å². The highest BCUT2D eigenvalue weighted by molar-refractivity contribution is 7.91. The van der Waals surface area contributed by atoms with E-state index in [1.54, 1.807) is 42.5 Å². The summed E-state index contributed by atoms with van der Waals surface area (Å²) in [6, 6.07) is 14.2. The molecule has 0 spiro atoms. The van der Waals surface area contributed by atoms with Crippen molar-refractivity contribution in [2.45, 2.75) is 23.9 Å². The average molecular weight is 409 g/mol. The van der Waals surface area contributed by atoms with Crippen LogP contribution in [0, 0.1) is 0 Å². The van der Waals surface area contributed by atoms with Crippen LogP contribution in [0.4, 0.5) is 0 Å². The number of nitrogens with one attached hydrogen (secondary N) is 2. The summed E-state index contributed by atoms with van der Waals surface area (Å²) in [7, 11) is -6.65. The number of sulfone groups is 1. The molecule has 2 aromatic rings. The maximum absolute atomic E-state index is 12.2. The zero-order valence-corrected chi connectivity index (χ0v) is 16.1. The summed E-state index contributed by atoms with van der Waals surface area (Å²) in [5.74, 6) is -0.273. The molecule has 0 radical (unpaired) electrons. The Balaban J connectivity index is 1.58. The van der Waals surface area contributed by atoms with Crippen molar-refractivity contribution < 1.29 is 21.6 Å². The highest BCUT2D eigenvalue weighted by Gasteiger charge is 2.29. The first-order chi connectivity index (χ1) is 12.8. The monoisotopic (exact) mass is 408 g/mol. The number of carbonyl (C=O) groups is 1. The minimum atomic E-state index is -3.60. The molecule has 2 N–H and O–H groups in total. The van der Waals surface area contributed by atoms with E-state index < -0.39 is 19.9 Å². The molecule has 1 saturated heterocycles. The lowest BCUT2D eigenvalue weighted by Gasteiger charge is -2.11. The highest BCUT2D eigenvalue weighted by Crippen LogP contribution is 2.13. The third-order valence-corrected chi connectivity index (χ3v) is 7.49. The fourth-order valence-electron chi connectivity index (χ4n) is 2.81. The first-order valence-corrected chi connectivity index (χ1v) is 11.7. The van der Waals surface area contributed by atoms with E-state index in [1.165, 1.54) is 12.1 Å². The smallest absolute Gasteiger partial charge is 0.251 e. The predicted molar refractivity (Wildman–Crippen MR) is 101 cm³/mol. The fraction of sp³-hybridized carbons (Fsp3) is 0.278. The number of amides is 1. The Morgan fingerprint density at radius 3 is 2.30 bits per heavy atom. The number of hydrogen-bond acceptors (Lipinski definition) is 5. The van der Waals surface area contributed by atoms with Gasteiger partial charge in [0.2, 0.25) is 10.0 Å². The van der Waals surface area contributed by atoms with Crippen LogP contribution >= 0.6 is 0 Å². The van der Waals surface area contributed by atoms with Crippen LogP contribution in [0.3, 0.4) is 0 Å². The molecule has 1 atom stereocenters. The summed E-state index contributed by atoms with van der Waals surface area (Å²) in [4.78, 5) is 12.4. The summed E-state index contributed by atoms with van der Waals surface area (Å²) in [5.41, 5.74) is 1.10. The Labute approximate surface area is 158 Å². The normalized spacial score (nSPS) is 18.9. The minimum Gasteiger partial charge on any atom is -0.348 e. The maximum atomic E-state index is 12.2. The molecule has 1 aliphatic heterocycles. The second kappa shape index (κ2) is 7.79. The Kier molecular flexibility index (Phi) is 5.64. The number of rotatable bonds is 6. The van der Waals surface area contributed by atoms with Crippen molar-refractivity contribution in [3.8, 4) is 0 Å². The van der Waals surface area contributed by atoms with Crippen molar-refractivity contribution in [3.63, 3.8) is 0 Å². The van der Waals surface area contributed by atoms with Crippen molar-refractivity contribution in [2.24, 2.45) is 0 Å². The minimum absolute atomic E-state index is 0.0297. The van der Waals surface area contributed by atoms with E-state index in [2.05, 4.69) is 10.0 Å². The van der Waals surface area contributed by atoms with Crippen LogP contribution in [0.2, 0.25) is 0 Å². The van der Waals surface area contributed by atoms with Gasteiger partial charge in [-0.25, -0.2) is 21.6 Å². The molecule has 9 heteroatoms. The van der Waals surface area contributed by atoms with Crippen molar-refractivity contribution in [1.82, 2.24) is 10.0 Å². The van der Waals surface area contributed by atoms with E-state index in [-0.39, 0.29) is 34.9 Å². The van der Waals surface area contributed by atoms with Crippen molar-refractivity contribution in [2.75, 3.05) is 11.5 Å². The van der Waals surface area contributed by atoms with Gasteiger partial charge in [0.25, 0.3) is 5.91 Å². The molecule has 7 nitrogen and oxygen atoms in total. The number of sulfonamides is 1. The average Bonchev–Trinajstić information content (AvgIpc) is 2.99. The molecule has 144 valence electrons. The van der Waals surface area contributed by atoms with Gasteiger partial charge in [0, 0.05) is 18.2 Å². The second-order valence-corrected chi connectivity index (χ2v) is 10.4. The van der Waals surface area contributed by atoms with Gasteiger partial charge in [0.15, 0.2) is 9.84 Å². The summed E-state index contributed by atoms with van der Waals surface area (Å²) in [6.07, 6.45) is 0.424.